The fraction of sp³-hybridized carbons (Fsp3) is 0.400. The predicted molar refractivity (Wildman–Crippen MR) is 109 cm³/mol. The fourth-order valence-corrected chi connectivity index (χ4v) is 3.89. The lowest BCUT2D eigenvalue weighted by Crippen LogP contribution is -2.50. The van der Waals surface area contributed by atoms with Gasteiger partial charge in [0.05, 0.1) is 11.5 Å². The smallest absolute Gasteiger partial charge is 0.413 e. The molecule has 2 aliphatic heterocycles. The van der Waals surface area contributed by atoms with Gasteiger partial charge in [0.2, 0.25) is 5.91 Å². The number of piperazine rings is 1. The summed E-state index contributed by atoms with van der Waals surface area (Å²) in [5.41, 5.74) is 1.72. The number of anilines is 2. The summed E-state index contributed by atoms with van der Waals surface area (Å²) in [6.45, 7) is 6.19. The lowest BCUT2D eigenvalue weighted by molar-refractivity contribution is -0.132. The monoisotopic (exact) mass is 415 g/mol. The Kier molecular flexibility index (Phi) is 5.27. The maximum absolute atomic E-state index is 12.9. The number of carbonyl (C=O) groups is 2. The Morgan fingerprint density at radius 3 is 2.59 bits per heavy atom. The second-order valence-electron chi connectivity index (χ2n) is 7.22. The predicted octanol–water partition coefficient (Wildman–Crippen LogP) is 3.21. The van der Waals surface area contributed by atoms with Crippen molar-refractivity contribution in [3.8, 4) is 0 Å². The van der Waals surface area contributed by atoms with Crippen LogP contribution in [0.2, 0.25) is 5.02 Å². The van der Waals surface area contributed by atoms with Crippen molar-refractivity contribution in [2.75, 3.05) is 36.4 Å². The number of amides is 2. The third-order valence-electron chi connectivity index (χ3n) is 5.40. The molecule has 0 radical (unpaired) electrons. The van der Waals surface area contributed by atoms with E-state index in [-0.39, 0.29) is 11.8 Å². The van der Waals surface area contributed by atoms with Crippen molar-refractivity contribution < 1.29 is 14.3 Å². The number of benzene rings is 1. The maximum atomic E-state index is 12.9. The Hall–Kier alpha value is -2.87. The second-order valence-corrected chi connectivity index (χ2v) is 7.65. The van der Waals surface area contributed by atoms with Crippen molar-refractivity contribution >= 4 is 35.2 Å². The topological polar surface area (TPSA) is 87.7 Å². The molecule has 4 rings (SSSR count). The highest BCUT2D eigenvalue weighted by Crippen LogP contribution is 2.35. The maximum Gasteiger partial charge on any atom is 0.413 e. The van der Waals surface area contributed by atoms with Gasteiger partial charge in [-0.25, -0.2) is 14.8 Å². The summed E-state index contributed by atoms with van der Waals surface area (Å²) in [5, 5.41) is 3.28. The first kappa shape index (κ1) is 19.4. The third kappa shape index (κ3) is 3.85. The molecule has 0 saturated carbocycles. The summed E-state index contributed by atoms with van der Waals surface area (Å²) in [6, 6.07) is 7.39. The van der Waals surface area contributed by atoms with Crippen molar-refractivity contribution in [3.63, 3.8) is 0 Å². The van der Waals surface area contributed by atoms with Gasteiger partial charge < -0.3 is 14.5 Å². The molecule has 2 aromatic rings. The number of hydrogen-bond acceptors (Lipinski definition) is 6. The molecule has 2 amide bonds. The normalized spacial score (nSPS) is 19.8. The molecule has 2 atom stereocenters. The van der Waals surface area contributed by atoms with E-state index < -0.39 is 12.2 Å². The molecule has 9 heteroatoms. The van der Waals surface area contributed by atoms with Gasteiger partial charge in [-0.1, -0.05) is 23.7 Å². The number of hydrogen-bond donors (Lipinski definition) is 1. The van der Waals surface area contributed by atoms with Gasteiger partial charge in [-0.15, -0.1) is 0 Å². The molecule has 1 saturated heterocycles. The zero-order chi connectivity index (χ0) is 20.5. The molecule has 3 heterocycles. The van der Waals surface area contributed by atoms with E-state index in [2.05, 4.69) is 20.2 Å². The molecule has 1 N–H and O–H groups in total. The molecule has 1 aromatic heterocycles. The standard InChI is InChI=1S/C20H22ClN5O3/c1-12(14-3-5-15(21)6-4-14)19(27)26-9-7-25(8-10-26)18-16-13(2)29-20(28)24-17(16)22-11-23-18/h3-6,11-13H,7-10H2,1-2H3,(H,22,23,24,28)/t12-,13?/m0/s1. The van der Waals surface area contributed by atoms with Crippen LogP contribution in [0.4, 0.5) is 16.4 Å². The highest BCUT2D eigenvalue weighted by Gasteiger charge is 2.32. The summed E-state index contributed by atoms with van der Waals surface area (Å²) in [5.74, 6) is 1.09. The van der Waals surface area contributed by atoms with Gasteiger partial charge in [-0.2, -0.15) is 0 Å². The lowest BCUT2D eigenvalue weighted by atomic mass is 9.99. The van der Waals surface area contributed by atoms with Crippen LogP contribution in [0.3, 0.4) is 0 Å². The number of rotatable bonds is 3. The van der Waals surface area contributed by atoms with Crippen LogP contribution in [0.15, 0.2) is 30.6 Å². The molecular weight excluding hydrogens is 394 g/mol. The molecule has 1 fully saturated rings. The number of aromatic nitrogens is 2. The van der Waals surface area contributed by atoms with E-state index in [1.54, 1.807) is 19.1 Å². The van der Waals surface area contributed by atoms with Gasteiger partial charge >= 0.3 is 6.09 Å². The Morgan fingerprint density at radius 2 is 1.90 bits per heavy atom. The number of cyclic esters (lactones) is 1. The molecular formula is C20H22ClN5O3. The van der Waals surface area contributed by atoms with Crippen LogP contribution in [0.25, 0.3) is 0 Å². The van der Waals surface area contributed by atoms with Crippen molar-refractivity contribution in [2.24, 2.45) is 0 Å². The minimum Gasteiger partial charge on any atom is -0.441 e. The van der Waals surface area contributed by atoms with Crippen LogP contribution in [0.1, 0.15) is 37.0 Å². The molecule has 29 heavy (non-hydrogen) atoms. The Bertz CT molecular complexity index is 928. The summed E-state index contributed by atoms with van der Waals surface area (Å²) >= 11 is 5.94. The fourth-order valence-electron chi connectivity index (χ4n) is 3.76. The van der Waals surface area contributed by atoms with Crippen molar-refractivity contribution in [1.82, 2.24) is 14.9 Å². The average molecular weight is 416 g/mol. The van der Waals surface area contributed by atoms with E-state index in [0.717, 1.165) is 16.9 Å². The molecule has 0 spiro atoms. The van der Waals surface area contributed by atoms with Crippen LogP contribution in [0, 0.1) is 0 Å². The molecule has 2 aliphatic rings. The SMILES string of the molecule is CC1OC(=O)Nc2ncnc(N3CCN(C(=O)[C@@H](C)c4ccc(Cl)cc4)CC3)c21. The number of halogens is 1. The number of fused-ring (bicyclic) bond motifs is 1. The van der Waals surface area contributed by atoms with Crippen molar-refractivity contribution in [3.05, 3.63) is 46.7 Å². The zero-order valence-corrected chi connectivity index (χ0v) is 17.0. The van der Waals surface area contributed by atoms with Gasteiger partial charge in [-0.3, -0.25) is 10.1 Å². The van der Waals surface area contributed by atoms with Crippen LogP contribution in [-0.4, -0.2) is 53.0 Å². The first-order valence-electron chi connectivity index (χ1n) is 9.55. The molecule has 0 aliphatic carbocycles. The van der Waals surface area contributed by atoms with Gasteiger partial charge in [-0.05, 0) is 31.5 Å². The minimum absolute atomic E-state index is 0.0978. The van der Waals surface area contributed by atoms with Gasteiger partial charge in [0.1, 0.15) is 24.1 Å². The highest BCUT2D eigenvalue weighted by molar-refractivity contribution is 6.30. The molecule has 0 bridgehead atoms. The summed E-state index contributed by atoms with van der Waals surface area (Å²) in [4.78, 5) is 37.1. The van der Waals surface area contributed by atoms with Crippen molar-refractivity contribution in [1.29, 1.82) is 0 Å². The zero-order valence-electron chi connectivity index (χ0n) is 16.3. The van der Waals surface area contributed by atoms with E-state index >= 15 is 0 Å². The van der Waals surface area contributed by atoms with Gasteiger partial charge in [0.15, 0.2) is 0 Å². The first-order valence-corrected chi connectivity index (χ1v) is 9.93. The van der Waals surface area contributed by atoms with Gasteiger partial charge in [0, 0.05) is 31.2 Å². The Balaban J connectivity index is 1.45. The summed E-state index contributed by atoms with van der Waals surface area (Å²) < 4.78 is 5.26. The van der Waals surface area contributed by atoms with Crippen molar-refractivity contribution in [2.45, 2.75) is 25.9 Å². The summed E-state index contributed by atoms with van der Waals surface area (Å²) in [7, 11) is 0. The molecule has 8 nitrogen and oxygen atoms in total. The quantitative estimate of drug-likeness (QED) is 0.828. The molecule has 152 valence electrons. The van der Waals surface area contributed by atoms with E-state index in [4.69, 9.17) is 16.3 Å². The lowest BCUT2D eigenvalue weighted by Gasteiger charge is -2.38. The van der Waals surface area contributed by atoms with E-state index in [1.165, 1.54) is 6.33 Å². The highest BCUT2D eigenvalue weighted by atomic mass is 35.5. The van der Waals surface area contributed by atoms with E-state index in [0.29, 0.717) is 37.0 Å². The largest absolute Gasteiger partial charge is 0.441 e. The number of carbonyl (C=O) groups excluding carboxylic acids is 2. The second kappa shape index (κ2) is 7.87. The number of nitrogens with one attached hydrogen (secondary N) is 1. The van der Waals surface area contributed by atoms with Gasteiger partial charge in [0.25, 0.3) is 0 Å². The third-order valence-corrected chi connectivity index (χ3v) is 5.66. The summed E-state index contributed by atoms with van der Waals surface area (Å²) in [6.07, 6.45) is 0.493. The molecule has 1 unspecified atom stereocenters. The minimum atomic E-state index is -0.513. The Labute approximate surface area is 173 Å². The van der Waals surface area contributed by atoms with Crippen LogP contribution in [-0.2, 0) is 9.53 Å². The average Bonchev–Trinajstić information content (AvgIpc) is 2.72. The van der Waals surface area contributed by atoms with E-state index in [1.807, 2.05) is 24.0 Å². The van der Waals surface area contributed by atoms with Crippen LogP contribution < -0.4 is 10.2 Å². The Morgan fingerprint density at radius 1 is 1.21 bits per heavy atom. The first-order chi connectivity index (χ1) is 13.9. The number of nitrogens with zero attached hydrogens (tertiary/aromatic N) is 4. The van der Waals surface area contributed by atoms with Crippen LogP contribution in [0.5, 0.6) is 0 Å². The van der Waals surface area contributed by atoms with Crippen LogP contribution >= 0.6 is 11.6 Å². The molecule has 1 aromatic carbocycles. The number of ether oxygens (including phenoxy) is 1. The van der Waals surface area contributed by atoms with E-state index in [9.17, 15) is 9.59 Å².